The molecule has 0 aliphatic carbocycles. The van der Waals surface area contributed by atoms with E-state index in [0.29, 0.717) is 30.2 Å². The van der Waals surface area contributed by atoms with E-state index in [0.717, 1.165) is 24.2 Å². The Hall–Kier alpha value is -2.56. The first-order chi connectivity index (χ1) is 16.3. The number of carbonyl (C=O) groups excluding carboxylic acids is 2. The number of nitrogens with zero attached hydrogens (tertiary/aromatic N) is 2. The molecule has 1 atom stereocenters. The van der Waals surface area contributed by atoms with Gasteiger partial charge in [-0.2, -0.15) is 4.31 Å². The lowest BCUT2D eigenvalue weighted by Crippen LogP contribution is -2.39. The monoisotopic (exact) mass is 503 g/mol. The Labute approximate surface area is 204 Å². The van der Waals surface area contributed by atoms with E-state index in [1.807, 2.05) is 6.92 Å². The molecule has 2 aromatic carbocycles. The predicted molar refractivity (Wildman–Crippen MR) is 133 cm³/mol. The van der Waals surface area contributed by atoms with Gasteiger partial charge in [0.2, 0.25) is 21.8 Å². The first-order valence-corrected chi connectivity index (χ1v) is 13.7. The summed E-state index contributed by atoms with van der Waals surface area (Å²) in [5.41, 5.74) is 0.953. The van der Waals surface area contributed by atoms with Crippen LogP contribution in [0.3, 0.4) is 0 Å². The Bertz CT molecular complexity index is 1180. The van der Waals surface area contributed by atoms with Crippen LogP contribution >= 0.6 is 11.8 Å². The number of ether oxygens (including phenoxy) is 1. The summed E-state index contributed by atoms with van der Waals surface area (Å²) in [5, 5.41) is 2.80. The number of sulfonamides is 1. The fraction of sp³-hybridized carbons (Fsp3) is 0.417. The molecule has 0 radical (unpaired) electrons. The van der Waals surface area contributed by atoms with Crippen LogP contribution in [0.25, 0.3) is 0 Å². The zero-order valence-corrected chi connectivity index (χ0v) is 21.0. The molecule has 2 aliphatic heterocycles. The fourth-order valence-electron chi connectivity index (χ4n) is 4.23. The Balaban J connectivity index is 1.65. The van der Waals surface area contributed by atoms with Gasteiger partial charge in [-0.3, -0.25) is 9.59 Å². The number of fused-ring (bicyclic) bond motifs is 1. The maximum absolute atomic E-state index is 13.3. The third-order valence-electron chi connectivity index (χ3n) is 5.95. The molecule has 8 nitrogen and oxygen atoms in total. The summed E-state index contributed by atoms with van der Waals surface area (Å²) in [6.07, 6.45) is 2.94. The van der Waals surface area contributed by atoms with Gasteiger partial charge in [0.25, 0.3) is 0 Å². The quantitative estimate of drug-likeness (QED) is 0.645. The van der Waals surface area contributed by atoms with Crippen molar-refractivity contribution >= 4 is 45.0 Å². The summed E-state index contributed by atoms with van der Waals surface area (Å²) in [4.78, 5) is 28.4. The number of amides is 2. The first-order valence-electron chi connectivity index (χ1n) is 11.3. The zero-order valence-electron chi connectivity index (χ0n) is 19.3. The van der Waals surface area contributed by atoms with Crippen LogP contribution in [0.4, 0.5) is 11.4 Å². The summed E-state index contributed by atoms with van der Waals surface area (Å²) < 4.78 is 33.3. The number of carbonyl (C=O) groups is 2. The average molecular weight is 504 g/mol. The zero-order chi connectivity index (χ0) is 24.3. The minimum Gasteiger partial charge on any atom is -0.495 e. The third kappa shape index (κ3) is 5.24. The van der Waals surface area contributed by atoms with Gasteiger partial charge in [-0.15, -0.1) is 11.8 Å². The number of methoxy groups -OCH3 is 1. The molecular formula is C24H29N3O5S2. The molecule has 0 aromatic heterocycles. The van der Waals surface area contributed by atoms with Gasteiger partial charge in [0.05, 0.1) is 23.4 Å². The number of piperidine rings is 1. The molecule has 0 bridgehead atoms. The molecule has 1 N–H and O–H groups in total. The summed E-state index contributed by atoms with van der Waals surface area (Å²) in [5.74, 6) is -0.105. The molecule has 10 heteroatoms. The van der Waals surface area contributed by atoms with Crippen molar-refractivity contribution in [3.8, 4) is 5.75 Å². The van der Waals surface area contributed by atoms with E-state index >= 15 is 0 Å². The minimum atomic E-state index is -3.68. The lowest BCUT2D eigenvalue weighted by Gasteiger charge is -2.27. The van der Waals surface area contributed by atoms with Gasteiger partial charge in [0.15, 0.2) is 0 Å². The van der Waals surface area contributed by atoms with Crippen LogP contribution in [0.15, 0.2) is 52.3 Å². The van der Waals surface area contributed by atoms with Gasteiger partial charge in [-0.1, -0.05) is 25.5 Å². The summed E-state index contributed by atoms with van der Waals surface area (Å²) in [7, 11) is -2.16. The normalized spacial score (nSPS) is 19.3. The largest absolute Gasteiger partial charge is 0.495 e. The van der Waals surface area contributed by atoms with Crippen molar-refractivity contribution in [2.75, 3.05) is 37.0 Å². The standard InChI is InChI=1S/C24H29N3O5S2/c1-17-14-24(29)27(16-23(28)25-19-8-4-5-9-21(19)32-2)20-15-18(10-11-22(20)33-17)34(30,31)26-12-6-3-7-13-26/h4-5,8-11,15,17H,3,6-7,12-14,16H2,1-2H3,(H,25,28). The van der Waals surface area contributed by atoms with Crippen LogP contribution in [-0.4, -0.2) is 56.5 Å². The molecule has 2 aliphatic rings. The number of rotatable bonds is 6. The highest BCUT2D eigenvalue weighted by Crippen LogP contribution is 2.40. The Morgan fingerprint density at radius 3 is 2.62 bits per heavy atom. The lowest BCUT2D eigenvalue weighted by molar-refractivity contribution is -0.121. The van der Waals surface area contributed by atoms with Crippen LogP contribution in [0.1, 0.15) is 32.6 Å². The first kappa shape index (κ1) is 24.6. The number of thioether (sulfide) groups is 1. The van der Waals surface area contributed by atoms with E-state index in [1.54, 1.807) is 42.5 Å². The maximum Gasteiger partial charge on any atom is 0.244 e. The molecule has 0 saturated carbocycles. The van der Waals surface area contributed by atoms with Gasteiger partial charge in [-0.25, -0.2) is 8.42 Å². The predicted octanol–water partition coefficient (Wildman–Crippen LogP) is 3.73. The minimum absolute atomic E-state index is 0.00178. The summed E-state index contributed by atoms with van der Waals surface area (Å²) in [6.45, 7) is 2.71. The molecule has 182 valence electrons. The van der Waals surface area contributed by atoms with Crippen molar-refractivity contribution < 1.29 is 22.7 Å². The van der Waals surface area contributed by atoms with Crippen LogP contribution in [0.5, 0.6) is 5.75 Å². The number of benzene rings is 2. The Morgan fingerprint density at radius 2 is 1.88 bits per heavy atom. The molecule has 0 spiro atoms. The number of hydrogen-bond donors (Lipinski definition) is 1. The summed E-state index contributed by atoms with van der Waals surface area (Å²) in [6, 6.07) is 11.9. The van der Waals surface area contributed by atoms with Gasteiger partial charge in [0.1, 0.15) is 12.3 Å². The number of para-hydroxylation sites is 2. The van der Waals surface area contributed by atoms with E-state index in [1.165, 1.54) is 28.1 Å². The highest BCUT2D eigenvalue weighted by Gasteiger charge is 2.32. The van der Waals surface area contributed by atoms with Crippen molar-refractivity contribution in [3.63, 3.8) is 0 Å². The topological polar surface area (TPSA) is 96.0 Å². The maximum atomic E-state index is 13.3. The highest BCUT2D eigenvalue weighted by atomic mass is 32.2. The van der Waals surface area contributed by atoms with Gasteiger partial charge < -0.3 is 15.0 Å². The molecule has 34 heavy (non-hydrogen) atoms. The molecule has 1 fully saturated rings. The molecule has 2 heterocycles. The smallest absolute Gasteiger partial charge is 0.244 e. The Kier molecular flexibility index (Phi) is 7.49. The van der Waals surface area contributed by atoms with Crippen LogP contribution < -0.4 is 15.0 Å². The lowest BCUT2D eigenvalue weighted by atomic mass is 10.2. The SMILES string of the molecule is COc1ccccc1NC(=O)CN1C(=O)CC(C)Sc2ccc(S(=O)(=O)N3CCCCC3)cc21. The van der Waals surface area contributed by atoms with E-state index in [4.69, 9.17) is 4.74 Å². The average Bonchev–Trinajstić information content (AvgIpc) is 2.94. The summed E-state index contributed by atoms with van der Waals surface area (Å²) >= 11 is 1.51. The van der Waals surface area contributed by atoms with Gasteiger partial charge in [-0.05, 0) is 43.2 Å². The second kappa shape index (κ2) is 10.4. The van der Waals surface area contributed by atoms with Crippen LogP contribution in [0, 0.1) is 0 Å². The van der Waals surface area contributed by atoms with Crippen molar-refractivity contribution in [2.24, 2.45) is 0 Å². The van der Waals surface area contributed by atoms with Gasteiger partial charge in [0, 0.05) is 29.7 Å². The number of nitrogens with one attached hydrogen (secondary N) is 1. The number of anilines is 2. The molecule has 4 rings (SSSR count). The van der Waals surface area contributed by atoms with E-state index < -0.39 is 15.9 Å². The van der Waals surface area contributed by atoms with Crippen LogP contribution in [0.2, 0.25) is 0 Å². The van der Waals surface area contributed by atoms with Crippen molar-refractivity contribution in [3.05, 3.63) is 42.5 Å². The van der Waals surface area contributed by atoms with Crippen molar-refractivity contribution in [1.29, 1.82) is 0 Å². The van der Waals surface area contributed by atoms with E-state index in [-0.39, 0.29) is 29.0 Å². The Morgan fingerprint density at radius 1 is 1.15 bits per heavy atom. The van der Waals surface area contributed by atoms with Gasteiger partial charge >= 0.3 is 0 Å². The second-order valence-corrected chi connectivity index (χ2v) is 11.9. The second-order valence-electron chi connectivity index (χ2n) is 8.46. The number of hydrogen-bond acceptors (Lipinski definition) is 6. The third-order valence-corrected chi connectivity index (χ3v) is 9.01. The molecular weight excluding hydrogens is 474 g/mol. The van der Waals surface area contributed by atoms with E-state index in [9.17, 15) is 18.0 Å². The van der Waals surface area contributed by atoms with Crippen molar-refractivity contribution in [2.45, 2.75) is 47.6 Å². The highest BCUT2D eigenvalue weighted by molar-refractivity contribution is 8.00. The fourth-order valence-corrected chi connectivity index (χ4v) is 6.86. The van der Waals surface area contributed by atoms with Crippen molar-refractivity contribution in [1.82, 2.24) is 4.31 Å². The molecule has 2 amide bonds. The molecule has 2 aromatic rings. The molecule has 1 unspecified atom stereocenters. The van der Waals surface area contributed by atoms with Crippen LogP contribution in [-0.2, 0) is 19.6 Å². The van der Waals surface area contributed by atoms with E-state index in [2.05, 4.69) is 5.32 Å². The molecule has 1 saturated heterocycles.